The van der Waals surface area contributed by atoms with Crippen LogP contribution in [0.2, 0.25) is 0 Å². The number of hydrogen-bond acceptors (Lipinski definition) is 7. The second-order valence-corrected chi connectivity index (χ2v) is 10.0. The standard InChI is InChI=1S/C27H21N5O4S/c1-17-16-18(2)29-27(28-17)31-37(35,36)21-14-12-20(13-15-21)30-24-22-10-6-7-11-23(22)32(26(24)34)25(33)19-8-4-3-5-9-19/h3-16H,1-2H3,(H,28,29,31). The maximum absolute atomic E-state index is 13.3. The first kappa shape index (κ1) is 24.0. The number of nitrogens with zero attached hydrogens (tertiary/aromatic N) is 4. The number of hydrogen-bond donors (Lipinski definition) is 1. The van der Waals surface area contributed by atoms with Crippen LogP contribution in [-0.4, -0.2) is 35.9 Å². The zero-order valence-electron chi connectivity index (χ0n) is 19.9. The Bertz CT molecular complexity index is 1650. The Hall–Kier alpha value is -4.70. The SMILES string of the molecule is Cc1cc(C)nc(NS(=O)(=O)c2ccc(N=C3C(=O)N(C(=O)c4ccccc4)c4ccccc43)cc2)n1. The van der Waals surface area contributed by atoms with Crippen molar-refractivity contribution in [3.05, 3.63) is 107 Å². The molecule has 1 aliphatic rings. The van der Waals surface area contributed by atoms with Crippen molar-refractivity contribution in [3.63, 3.8) is 0 Å². The molecule has 1 aromatic heterocycles. The normalized spacial score (nSPS) is 14.1. The zero-order chi connectivity index (χ0) is 26.2. The number of aromatic nitrogens is 2. The minimum atomic E-state index is -3.94. The Morgan fingerprint density at radius 1 is 0.865 bits per heavy atom. The fourth-order valence-electron chi connectivity index (χ4n) is 4.00. The number of aliphatic imine (C=N–C) groups is 1. The van der Waals surface area contributed by atoms with E-state index in [1.54, 1.807) is 74.5 Å². The monoisotopic (exact) mass is 511 g/mol. The van der Waals surface area contributed by atoms with E-state index in [0.717, 1.165) is 4.90 Å². The third-order valence-corrected chi connectivity index (χ3v) is 6.97. The second kappa shape index (κ2) is 9.40. The van der Waals surface area contributed by atoms with Crippen molar-refractivity contribution >= 4 is 44.9 Å². The van der Waals surface area contributed by atoms with Crippen LogP contribution in [0.25, 0.3) is 0 Å². The van der Waals surface area contributed by atoms with Gasteiger partial charge in [-0.3, -0.25) is 9.59 Å². The largest absolute Gasteiger partial charge is 0.284 e. The number of benzene rings is 3. The van der Waals surface area contributed by atoms with Gasteiger partial charge in [0.15, 0.2) is 0 Å². The second-order valence-electron chi connectivity index (χ2n) is 8.36. The van der Waals surface area contributed by atoms with Gasteiger partial charge < -0.3 is 0 Å². The minimum absolute atomic E-state index is 0.0155. The van der Waals surface area contributed by atoms with Crippen LogP contribution in [0.1, 0.15) is 27.3 Å². The number of rotatable bonds is 5. The van der Waals surface area contributed by atoms with Gasteiger partial charge in [-0.05, 0) is 62.4 Å². The van der Waals surface area contributed by atoms with Crippen LogP contribution in [0, 0.1) is 13.8 Å². The molecule has 0 unspecified atom stereocenters. The first-order valence-electron chi connectivity index (χ1n) is 11.3. The lowest BCUT2D eigenvalue weighted by Gasteiger charge is -2.14. The highest BCUT2D eigenvalue weighted by molar-refractivity contribution is 7.92. The number of nitrogens with one attached hydrogen (secondary N) is 1. The van der Waals surface area contributed by atoms with Gasteiger partial charge in [-0.1, -0.05) is 36.4 Å². The summed E-state index contributed by atoms with van der Waals surface area (Å²) in [6, 6.07) is 22.9. The molecule has 10 heteroatoms. The van der Waals surface area contributed by atoms with E-state index in [1.807, 2.05) is 0 Å². The van der Waals surface area contributed by atoms with Gasteiger partial charge in [-0.15, -0.1) is 0 Å². The highest BCUT2D eigenvalue weighted by Crippen LogP contribution is 2.32. The van der Waals surface area contributed by atoms with Crippen molar-refractivity contribution in [2.24, 2.45) is 4.99 Å². The van der Waals surface area contributed by atoms with Crippen molar-refractivity contribution in [1.29, 1.82) is 0 Å². The summed E-state index contributed by atoms with van der Waals surface area (Å²) in [5.74, 6) is -1.03. The number of para-hydroxylation sites is 1. The topological polar surface area (TPSA) is 122 Å². The predicted octanol–water partition coefficient (Wildman–Crippen LogP) is 4.20. The lowest BCUT2D eigenvalue weighted by atomic mass is 10.1. The number of imide groups is 1. The van der Waals surface area contributed by atoms with Crippen molar-refractivity contribution in [2.45, 2.75) is 18.7 Å². The van der Waals surface area contributed by atoms with E-state index in [4.69, 9.17) is 0 Å². The molecule has 0 fully saturated rings. The zero-order valence-corrected chi connectivity index (χ0v) is 20.7. The third-order valence-electron chi connectivity index (χ3n) is 5.63. The van der Waals surface area contributed by atoms with E-state index >= 15 is 0 Å². The molecule has 0 saturated carbocycles. The molecule has 0 spiro atoms. The van der Waals surface area contributed by atoms with Gasteiger partial charge in [0.1, 0.15) is 5.71 Å². The Morgan fingerprint density at radius 3 is 2.16 bits per heavy atom. The molecular formula is C27H21N5O4S. The summed E-state index contributed by atoms with van der Waals surface area (Å²) in [5, 5.41) is 0. The van der Waals surface area contributed by atoms with Crippen LogP contribution >= 0.6 is 0 Å². The Morgan fingerprint density at radius 2 is 1.49 bits per heavy atom. The van der Waals surface area contributed by atoms with Crippen LogP contribution in [0.3, 0.4) is 0 Å². The highest BCUT2D eigenvalue weighted by Gasteiger charge is 2.38. The molecule has 2 amide bonds. The summed E-state index contributed by atoms with van der Waals surface area (Å²) in [7, 11) is -3.94. The van der Waals surface area contributed by atoms with E-state index in [-0.39, 0.29) is 16.6 Å². The Balaban J connectivity index is 1.44. The summed E-state index contributed by atoms with van der Waals surface area (Å²) in [6.07, 6.45) is 0. The van der Waals surface area contributed by atoms with Crippen molar-refractivity contribution < 1.29 is 18.0 Å². The molecule has 1 aliphatic heterocycles. The van der Waals surface area contributed by atoms with Gasteiger partial charge in [-0.25, -0.2) is 33.0 Å². The number of amides is 2. The smallest absolute Gasteiger partial charge is 0.268 e. The number of carbonyl (C=O) groups excluding carboxylic acids is 2. The molecule has 2 heterocycles. The Labute approximate surface area is 213 Å². The number of sulfonamides is 1. The molecule has 9 nitrogen and oxygen atoms in total. The quantitative estimate of drug-likeness (QED) is 0.401. The van der Waals surface area contributed by atoms with Crippen LogP contribution in [0.15, 0.2) is 94.8 Å². The molecule has 37 heavy (non-hydrogen) atoms. The van der Waals surface area contributed by atoms with E-state index in [9.17, 15) is 18.0 Å². The van der Waals surface area contributed by atoms with E-state index in [1.165, 1.54) is 24.3 Å². The molecule has 0 bridgehead atoms. The van der Waals surface area contributed by atoms with E-state index < -0.39 is 21.8 Å². The Kier molecular flexibility index (Phi) is 6.10. The summed E-state index contributed by atoms with van der Waals surface area (Å²) >= 11 is 0. The molecule has 5 rings (SSSR count). The van der Waals surface area contributed by atoms with E-state index in [0.29, 0.717) is 33.9 Å². The lowest BCUT2D eigenvalue weighted by Crippen LogP contribution is -2.36. The van der Waals surface area contributed by atoms with Crippen LogP contribution < -0.4 is 9.62 Å². The van der Waals surface area contributed by atoms with Crippen LogP contribution in [0.4, 0.5) is 17.3 Å². The molecule has 0 atom stereocenters. The number of fused-ring (bicyclic) bond motifs is 1. The predicted molar refractivity (Wildman–Crippen MR) is 140 cm³/mol. The van der Waals surface area contributed by atoms with Crippen LogP contribution in [0.5, 0.6) is 0 Å². The lowest BCUT2D eigenvalue weighted by molar-refractivity contribution is -0.111. The molecule has 3 aromatic carbocycles. The van der Waals surface area contributed by atoms with Gasteiger partial charge in [0, 0.05) is 22.5 Å². The molecule has 4 aromatic rings. The van der Waals surface area contributed by atoms with Gasteiger partial charge in [-0.2, -0.15) is 0 Å². The van der Waals surface area contributed by atoms with E-state index in [2.05, 4.69) is 19.7 Å². The van der Waals surface area contributed by atoms with Crippen molar-refractivity contribution in [3.8, 4) is 0 Å². The summed E-state index contributed by atoms with van der Waals surface area (Å²) in [4.78, 5) is 40.2. The van der Waals surface area contributed by atoms with Gasteiger partial charge in [0.2, 0.25) is 5.95 Å². The van der Waals surface area contributed by atoms with Crippen molar-refractivity contribution in [1.82, 2.24) is 9.97 Å². The minimum Gasteiger partial charge on any atom is -0.268 e. The summed E-state index contributed by atoms with van der Waals surface area (Å²) < 4.78 is 28.0. The van der Waals surface area contributed by atoms with Gasteiger partial charge >= 0.3 is 0 Å². The van der Waals surface area contributed by atoms with Gasteiger partial charge in [0.25, 0.3) is 21.8 Å². The molecule has 0 saturated heterocycles. The van der Waals surface area contributed by atoms with Crippen molar-refractivity contribution in [2.75, 3.05) is 9.62 Å². The fraction of sp³-hybridized carbons (Fsp3) is 0.0741. The average molecular weight is 512 g/mol. The number of aryl methyl sites for hydroxylation is 2. The molecule has 1 N–H and O–H groups in total. The third kappa shape index (κ3) is 4.74. The summed E-state index contributed by atoms with van der Waals surface area (Å²) in [5.41, 5.74) is 3.06. The molecule has 0 radical (unpaired) electrons. The number of carbonyl (C=O) groups is 2. The average Bonchev–Trinajstić information content (AvgIpc) is 3.14. The number of anilines is 2. The molecular weight excluding hydrogens is 490 g/mol. The first-order valence-corrected chi connectivity index (χ1v) is 12.8. The van der Waals surface area contributed by atoms with Crippen LogP contribution in [-0.2, 0) is 14.8 Å². The van der Waals surface area contributed by atoms with Gasteiger partial charge in [0.05, 0.1) is 16.3 Å². The maximum atomic E-state index is 13.3. The fourth-order valence-corrected chi connectivity index (χ4v) is 4.94. The molecule has 0 aliphatic carbocycles. The highest BCUT2D eigenvalue weighted by atomic mass is 32.2. The summed E-state index contributed by atoms with van der Waals surface area (Å²) in [6.45, 7) is 3.49. The molecule has 184 valence electrons. The maximum Gasteiger partial charge on any atom is 0.284 e. The first-order chi connectivity index (χ1) is 17.7.